The molecule has 0 spiro atoms. The van der Waals surface area contributed by atoms with Crippen molar-refractivity contribution in [1.82, 2.24) is 10.6 Å². The Morgan fingerprint density at radius 2 is 1.17 bits per heavy atom. The molecule has 4 aliphatic heterocycles. The highest BCUT2D eigenvalue weighted by atomic mass is 16.9. The van der Waals surface area contributed by atoms with Gasteiger partial charge in [0.05, 0.1) is 20.2 Å². The smallest absolute Gasteiger partial charge is 0.407 e. The molecule has 0 aliphatic carbocycles. The number of nitrogens with one attached hydrogen (secondary N) is 2. The first-order valence-electron chi connectivity index (χ1n) is 13.4. The van der Waals surface area contributed by atoms with E-state index in [1.165, 1.54) is 21.3 Å². The Hall–Kier alpha value is -2.11. The van der Waals surface area contributed by atoms with E-state index in [4.69, 9.17) is 47.4 Å². The highest BCUT2D eigenvalue weighted by molar-refractivity contribution is 5.89. The molecule has 8 atom stereocenters. The van der Waals surface area contributed by atoms with E-state index < -0.39 is 89.9 Å². The quantitative estimate of drug-likeness (QED) is 0.371. The van der Waals surface area contributed by atoms with Gasteiger partial charge in [-0.3, -0.25) is 4.79 Å². The first-order chi connectivity index (χ1) is 18.9. The third-order valence-corrected chi connectivity index (χ3v) is 7.17. The first-order valence-corrected chi connectivity index (χ1v) is 13.4. The zero-order valence-corrected chi connectivity index (χ0v) is 25.2. The van der Waals surface area contributed by atoms with Crippen LogP contribution in [0.15, 0.2) is 0 Å². The molecule has 15 nitrogen and oxygen atoms in total. The van der Waals surface area contributed by atoms with Gasteiger partial charge in [-0.2, -0.15) is 0 Å². The van der Waals surface area contributed by atoms with Crippen LogP contribution >= 0.6 is 0 Å². The van der Waals surface area contributed by atoms with Crippen LogP contribution < -0.4 is 10.6 Å². The molecule has 0 aromatic rings. The van der Waals surface area contributed by atoms with Crippen molar-refractivity contribution in [2.75, 3.05) is 34.4 Å². The molecule has 0 aromatic heterocycles. The minimum Gasteiger partial charge on any atom is -0.467 e. The summed E-state index contributed by atoms with van der Waals surface area (Å²) in [7, 11) is 3.96. The lowest BCUT2D eigenvalue weighted by molar-refractivity contribution is -0.246. The van der Waals surface area contributed by atoms with Crippen molar-refractivity contribution in [3.63, 3.8) is 0 Å². The lowest BCUT2D eigenvalue weighted by Crippen LogP contribution is -2.65. The maximum Gasteiger partial charge on any atom is 0.407 e. The highest BCUT2D eigenvalue weighted by Gasteiger charge is 2.69. The van der Waals surface area contributed by atoms with E-state index in [2.05, 4.69) is 10.6 Å². The molecule has 4 fully saturated rings. The van der Waals surface area contributed by atoms with Crippen molar-refractivity contribution >= 4 is 18.0 Å². The summed E-state index contributed by atoms with van der Waals surface area (Å²) in [6.07, 6.45) is -6.38. The number of esters is 1. The lowest BCUT2D eigenvalue weighted by Gasteiger charge is -2.37. The summed E-state index contributed by atoms with van der Waals surface area (Å²) in [5.41, 5.74) is -4.49. The van der Waals surface area contributed by atoms with Gasteiger partial charge in [0.15, 0.2) is 29.8 Å². The fraction of sp³-hybridized carbons (Fsp3) is 0.885. The molecule has 2 N–H and O–H groups in total. The Morgan fingerprint density at radius 3 is 1.63 bits per heavy atom. The van der Waals surface area contributed by atoms with E-state index in [-0.39, 0.29) is 6.54 Å². The largest absolute Gasteiger partial charge is 0.467 e. The minimum atomic E-state index is -1.86. The molecule has 4 saturated heterocycles. The summed E-state index contributed by atoms with van der Waals surface area (Å²) < 4.78 is 57.5. The molecule has 0 saturated carbocycles. The van der Waals surface area contributed by atoms with E-state index in [1.54, 1.807) is 48.5 Å². The molecular weight excluding hydrogens is 548 g/mol. The van der Waals surface area contributed by atoms with Gasteiger partial charge < -0.3 is 58.0 Å². The number of rotatable bonds is 8. The second kappa shape index (κ2) is 10.9. The van der Waals surface area contributed by atoms with E-state index in [9.17, 15) is 14.4 Å². The van der Waals surface area contributed by atoms with Crippen molar-refractivity contribution in [3.8, 4) is 0 Å². The van der Waals surface area contributed by atoms with E-state index in [1.807, 2.05) is 0 Å². The third kappa shape index (κ3) is 5.91. The van der Waals surface area contributed by atoms with Gasteiger partial charge in [-0.05, 0) is 48.5 Å². The van der Waals surface area contributed by atoms with Crippen LogP contribution in [0.3, 0.4) is 0 Å². The standard InChI is InChI=1S/C26H42N2O13/c1-22(2,3)41-21(31)28-11-25(15(32-8)13-17(39-25)37-23(4,5)35-13)19(29)27-12-26(20(30)34-10)16(33-9)14-18(40-26)38-24(6,7)36-14/h13-18H,11-12H2,1-10H3,(H,27,29)(H,28,31)/t13-,14-,15-,16-,17+,18+,25+,26+/m1/s1. The molecule has 0 radical (unpaired) electrons. The topological polar surface area (TPSA) is 168 Å². The minimum absolute atomic E-state index is 0.377. The van der Waals surface area contributed by atoms with Crippen LogP contribution in [0, 0.1) is 0 Å². The van der Waals surface area contributed by atoms with Crippen LogP contribution in [0.5, 0.6) is 0 Å². The number of ether oxygens (including phenoxy) is 10. The van der Waals surface area contributed by atoms with Crippen LogP contribution in [0.2, 0.25) is 0 Å². The number of hydrogen-bond acceptors (Lipinski definition) is 13. The second-order valence-corrected chi connectivity index (χ2v) is 12.3. The van der Waals surface area contributed by atoms with Gasteiger partial charge >= 0.3 is 12.1 Å². The monoisotopic (exact) mass is 590 g/mol. The maximum absolute atomic E-state index is 14.1. The lowest BCUT2D eigenvalue weighted by atomic mass is 9.91. The van der Waals surface area contributed by atoms with E-state index in [0.29, 0.717) is 0 Å². The average molecular weight is 591 g/mol. The zero-order valence-electron chi connectivity index (χ0n) is 25.2. The molecule has 15 heteroatoms. The number of fused-ring (bicyclic) bond motifs is 2. The Balaban J connectivity index is 1.60. The predicted molar refractivity (Wildman–Crippen MR) is 136 cm³/mol. The number of alkyl carbamates (subject to hydrolysis) is 1. The number of carbonyl (C=O) groups is 3. The van der Waals surface area contributed by atoms with Crippen LogP contribution in [-0.2, 0) is 57.0 Å². The maximum atomic E-state index is 14.1. The Bertz CT molecular complexity index is 1030. The fourth-order valence-electron chi connectivity index (χ4n) is 5.67. The Labute approximate surface area is 239 Å². The summed E-state index contributed by atoms with van der Waals surface area (Å²) in [6, 6.07) is 0. The Morgan fingerprint density at radius 1 is 0.707 bits per heavy atom. The Kier molecular flexibility index (Phi) is 8.43. The van der Waals surface area contributed by atoms with Gasteiger partial charge in [0.1, 0.15) is 30.0 Å². The van der Waals surface area contributed by atoms with Crippen LogP contribution in [0.4, 0.5) is 4.79 Å². The molecular formula is C26H42N2O13. The molecule has 2 amide bonds. The molecule has 0 unspecified atom stereocenters. The van der Waals surface area contributed by atoms with Gasteiger partial charge in [-0.1, -0.05) is 0 Å². The summed E-state index contributed by atoms with van der Waals surface area (Å²) in [5, 5.41) is 5.30. The van der Waals surface area contributed by atoms with Crippen molar-refractivity contribution in [2.45, 2.75) is 114 Å². The fourth-order valence-corrected chi connectivity index (χ4v) is 5.67. The molecule has 41 heavy (non-hydrogen) atoms. The molecule has 234 valence electrons. The number of amides is 2. The molecule has 4 rings (SSSR count). The number of carbonyl (C=O) groups excluding carboxylic acids is 3. The van der Waals surface area contributed by atoms with Crippen LogP contribution in [0.1, 0.15) is 48.5 Å². The highest BCUT2D eigenvalue weighted by Crippen LogP contribution is 2.46. The van der Waals surface area contributed by atoms with Crippen molar-refractivity contribution < 1.29 is 61.8 Å². The van der Waals surface area contributed by atoms with E-state index in [0.717, 1.165) is 0 Å². The summed E-state index contributed by atoms with van der Waals surface area (Å²) in [4.78, 5) is 39.8. The normalized spacial score (nSPS) is 38.7. The third-order valence-electron chi connectivity index (χ3n) is 7.17. The van der Waals surface area contributed by atoms with Gasteiger partial charge in [-0.25, -0.2) is 9.59 Å². The number of hydrogen-bond donors (Lipinski definition) is 2. The van der Waals surface area contributed by atoms with E-state index >= 15 is 0 Å². The predicted octanol–water partition coefficient (Wildman–Crippen LogP) is 0.324. The van der Waals surface area contributed by atoms with Gasteiger partial charge in [-0.15, -0.1) is 0 Å². The van der Waals surface area contributed by atoms with Crippen molar-refractivity contribution in [3.05, 3.63) is 0 Å². The average Bonchev–Trinajstić information content (AvgIpc) is 3.50. The molecule has 0 aromatic carbocycles. The summed E-state index contributed by atoms with van der Waals surface area (Å²) in [5.74, 6) is -3.55. The van der Waals surface area contributed by atoms with Gasteiger partial charge in [0.25, 0.3) is 5.91 Å². The second-order valence-electron chi connectivity index (χ2n) is 12.3. The zero-order chi connectivity index (χ0) is 30.6. The van der Waals surface area contributed by atoms with Crippen LogP contribution in [-0.4, -0.2) is 118 Å². The molecule has 4 aliphatic rings. The van der Waals surface area contributed by atoms with Crippen molar-refractivity contribution in [2.24, 2.45) is 0 Å². The SMILES string of the molecule is COC(=O)[C@@]1(CNC(=O)[C@@]2(CNC(=O)OC(C)(C)C)O[C@@H]3OC(C)(C)O[C@@H]3[C@H]2OC)O[C@@H]2OC(C)(C)O[C@@H]2[C@H]1OC. The molecule has 0 bridgehead atoms. The molecule has 4 heterocycles. The van der Waals surface area contributed by atoms with Gasteiger partial charge in [0, 0.05) is 14.2 Å². The number of methoxy groups -OCH3 is 3. The first kappa shape index (κ1) is 31.8. The summed E-state index contributed by atoms with van der Waals surface area (Å²) in [6.45, 7) is 11.1. The summed E-state index contributed by atoms with van der Waals surface area (Å²) >= 11 is 0. The van der Waals surface area contributed by atoms with Crippen molar-refractivity contribution in [1.29, 1.82) is 0 Å². The van der Waals surface area contributed by atoms with Gasteiger partial charge in [0.2, 0.25) is 5.60 Å². The van der Waals surface area contributed by atoms with Crippen LogP contribution in [0.25, 0.3) is 0 Å².